The smallest absolute Gasteiger partial charge is 0.313 e. The van der Waals surface area contributed by atoms with Crippen LogP contribution in [-0.4, -0.2) is 36.5 Å². The fourth-order valence-electron chi connectivity index (χ4n) is 4.17. The van der Waals surface area contributed by atoms with Crippen molar-refractivity contribution in [3.05, 3.63) is 65.7 Å². The predicted octanol–water partition coefficient (Wildman–Crippen LogP) is 4.03. The number of rotatable bonds is 7. The van der Waals surface area contributed by atoms with Crippen molar-refractivity contribution in [3.63, 3.8) is 0 Å². The first-order valence-corrected chi connectivity index (χ1v) is 10.3. The quantitative estimate of drug-likeness (QED) is 0.720. The Labute approximate surface area is 173 Å². The van der Waals surface area contributed by atoms with Crippen molar-refractivity contribution in [2.24, 2.45) is 5.41 Å². The Morgan fingerprint density at radius 2 is 1.79 bits per heavy atom. The number of amides is 1. The average Bonchev–Trinajstić information content (AvgIpc) is 2.70. The fraction of sp³-hybridized carbons (Fsp3) is 0.417. The van der Waals surface area contributed by atoms with Crippen molar-refractivity contribution in [2.75, 3.05) is 25.0 Å². The summed E-state index contributed by atoms with van der Waals surface area (Å²) in [6.45, 7) is 6.20. The maximum absolute atomic E-state index is 13.0. The Morgan fingerprint density at radius 1 is 1.07 bits per heavy atom. The first-order valence-electron chi connectivity index (χ1n) is 10.3. The van der Waals surface area contributed by atoms with Gasteiger partial charge in [0.25, 0.3) is 0 Å². The number of nitrogens with one attached hydrogen (secondary N) is 1. The Kier molecular flexibility index (Phi) is 7.04. The molecule has 1 N–H and O–H groups in total. The zero-order valence-corrected chi connectivity index (χ0v) is 17.3. The van der Waals surface area contributed by atoms with Crippen LogP contribution in [0.2, 0.25) is 0 Å². The predicted molar refractivity (Wildman–Crippen MR) is 114 cm³/mol. The summed E-state index contributed by atoms with van der Waals surface area (Å²) < 4.78 is 5.50. The lowest BCUT2D eigenvalue weighted by Gasteiger charge is -2.41. The summed E-state index contributed by atoms with van der Waals surface area (Å²) in [4.78, 5) is 26.5. The number of hydrogen-bond acceptors (Lipinski definition) is 4. The highest BCUT2D eigenvalue weighted by atomic mass is 16.5. The highest BCUT2D eigenvalue weighted by Gasteiger charge is 2.43. The molecule has 2 aromatic carbocycles. The number of esters is 1. The van der Waals surface area contributed by atoms with Crippen molar-refractivity contribution in [2.45, 2.75) is 39.7 Å². The Morgan fingerprint density at radius 3 is 2.45 bits per heavy atom. The fourth-order valence-corrected chi connectivity index (χ4v) is 4.17. The molecule has 1 atom stereocenters. The third-order valence-corrected chi connectivity index (χ3v) is 5.43. The number of carbonyl (C=O) groups is 2. The molecule has 0 saturated carbocycles. The summed E-state index contributed by atoms with van der Waals surface area (Å²) in [7, 11) is 0. The van der Waals surface area contributed by atoms with Crippen LogP contribution in [0.3, 0.4) is 0 Å². The van der Waals surface area contributed by atoms with Gasteiger partial charge in [0.1, 0.15) is 0 Å². The lowest BCUT2D eigenvalue weighted by Crippen LogP contribution is -2.49. The van der Waals surface area contributed by atoms with E-state index in [1.165, 1.54) is 18.1 Å². The van der Waals surface area contributed by atoms with Gasteiger partial charge in [-0.25, -0.2) is 0 Å². The monoisotopic (exact) mass is 394 g/mol. The molecule has 0 aromatic heterocycles. The maximum atomic E-state index is 13.0. The van der Waals surface area contributed by atoms with E-state index >= 15 is 0 Å². The summed E-state index contributed by atoms with van der Waals surface area (Å²) in [6, 6.07) is 18.1. The summed E-state index contributed by atoms with van der Waals surface area (Å²) in [5.41, 5.74) is 2.62. The molecular formula is C24H30N2O3. The molecule has 0 bridgehead atoms. The van der Waals surface area contributed by atoms with E-state index in [1.54, 1.807) is 0 Å². The number of ether oxygens (including phenoxy) is 1. The second-order valence-electron chi connectivity index (χ2n) is 7.86. The van der Waals surface area contributed by atoms with Gasteiger partial charge in [-0.05, 0) is 56.0 Å². The van der Waals surface area contributed by atoms with Crippen LogP contribution in [-0.2, 0) is 27.3 Å². The van der Waals surface area contributed by atoms with E-state index < -0.39 is 5.41 Å². The number of hydrogen-bond donors (Lipinski definition) is 1. The normalized spacial score (nSPS) is 19.5. The van der Waals surface area contributed by atoms with E-state index in [4.69, 9.17) is 4.74 Å². The largest absolute Gasteiger partial charge is 0.466 e. The van der Waals surface area contributed by atoms with Crippen LogP contribution in [0.15, 0.2) is 54.6 Å². The van der Waals surface area contributed by atoms with Gasteiger partial charge in [-0.3, -0.25) is 14.5 Å². The zero-order valence-electron chi connectivity index (χ0n) is 17.3. The van der Waals surface area contributed by atoms with Crippen LogP contribution in [0.25, 0.3) is 0 Å². The number of nitrogens with zero attached hydrogens (tertiary/aromatic N) is 1. The topological polar surface area (TPSA) is 58.6 Å². The van der Waals surface area contributed by atoms with Gasteiger partial charge >= 0.3 is 5.97 Å². The van der Waals surface area contributed by atoms with Crippen molar-refractivity contribution < 1.29 is 14.3 Å². The second kappa shape index (κ2) is 9.70. The summed E-state index contributed by atoms with van der Waals surface area (Å²) in [6.07, 6.45) is 2.51. The minimum atomic E-state index is -0.508. The van der Waals surface area contributed by atoms with E-state index in [0.29, 0.717) is 19.6 Å². The molecule has 0 spiro atoms. The van der Waals surface area contributed by atoms with Gasteiger partial charge in [0.15, 0.2) is 0 Å². The van der Waals surface area contributed by atoms with Crippen molar-refractivity contribution >= 4 is 17.6 Å². The molecule has 1 aliphatic heterocycles. The molecule has 1 saturated heterocycles. The highest BCUT2D eigenvalue weighted by molar-refractivity contribution is 5.88. The Hall–Kier alpha value is -2.66. The number of anilines is 1. The average molecular weight is 395 g/mol. The van der Waals surface area contributed by atoms with E-state index in [0.717, 1.165) is 31.6 Å². The number of piperidine rings is 1. The molecule has 1 heterocycles. The van der Waals surface area contributed by atoms with Crippen molar-refractivity contribution in [3.8, 4) is 0 Å². The standard InChI is InChI=1S/C24H30N2O3/c1-3-29-23(28)24(16-20-8-5-4-6-9-20)14-7-15-26(18-24)17-21-10-12-22(13-11-21)25-19(2)27/h4-6,8-13H,3,7,14-18H2,1-2H3,(H,25,27). The van der Waals surface area contributed by atoms with Crippen LogP contribution in [0, 0.1) is 5.41 Å². The van der Waals surface area contributed by atoms with E-state index in [1.807, 2.05) is 49.4 Å². The lowest BCUT2D eigenvalue weighted by molar-refractivity contribution is -0.159. The Balaban J connectivity index is 1.73. The third-order valence-electron chi connectivity index (χ3n) is 5.43. The molecule has 5 nitrogen and oxygen atoms in total. The van der Waals surface area contributed by atoms with Gasteiger partial charge in [0.05, 0.1) is 12.0 Å². The van der Waals surface area contributed by atoms with Gasteiger partial charge in [0, 0.05) is 25.7 Å². The molecule has 1 aliphatic rings. The zero-order chi connectivity index (χ0) is 20.7. The molecule has 5 heteroatoms. The number of likely N-dealkylation sites (tertiary alicyclic amines) is 1. The van der Waals surface area contributed by atoms with Crippen LogP contribution in [0.1, 0.15) is 37.8 Å². The van der Waals surface area contributed by atoms with Crippen LogP contribution in [0.5, 0.6) is 0 Å². The van der Waals surface area contributed by atoms with Gasteiger partial charge in [0.2, 0.25) is 5.91 Å². The first kappa shape index (κ1) is 21.1. The molecule has 29 heavy (non-hydrogen) atoms. The van der Waals surface area contributed by atoms with Gasteiger partial charge in [-0.1, -0.05) is 42.5 Å². The molecule has 1 unspecified atom stereocenters. The molecule has 2 aromatic rings. The first-order chi connectivity index (χ1) is 14.0. The van der Waals surface area contributed by atoms with Gasteiger partial charge in [-0.2, -0.15) is 0 Å². The minimum Gasteiger partial charge on any atom is -0.466 e. The molecule has 0 radical (unpaired) electrons. The lowest BCUT2D eigenvalue weighted by atomic mass is 9.75. The van der Waals surface area contributed by atoms with Crippen LogP contribution in [0.4, 0.5) is 5.69 Å². The van der Waals surface area contributed by atoms with Crippen molar-refractivity contribution in [1.82, 2.24) is 4.90 Å². The second-order valence-corrected chi connectivity index (χ2v) is 7.86. The van der Waals surface area contributed by atoms with E-state index in [-0.39, 0.29) is 11.9 Å². The molecular weight excluding hydrogens is 364 g/mol. The van der Waals surface area contributed by atoms with Gasteiger partial charge < -0.3 is 10.1 Å². The van der Waals surface area contributed by atoms with Crippen LogP contribution >= 0.6 is 0 Å². The molecule has 154 valence electrons. The maximum Gasteiger partial charge on any atom is 0.313 e. The molecule has 1 fully saturated rings. The number of carbonyl (C=O) groups excluding carboxylic acids is 2. The summed E-state index contributed by atoms with van der Waals surface area (Å²) >= 11 is 0. The highest BCUT2D eigenvalue weighted by Crippen LogP contribution is 2.36. The van der Waals surface area contributed by atoms with Gasteiger partial charge in [-0.15, -0.1) is 0 Å². The van der Waals surface area contributed by atoms with Crippen molar-refractivity contribution in [1.29, 1.82) is 0 Å². The molecule has 1 amide bonds. The van der Waals surface area contributed by atoms with E-state index in [2.05, 4.69) is 22.3 Å². The number of benzene rings is 2. The SMILES string of the molecule is CCOC(=O)C1(Cc2ccccc2)CCCN(Cc2ccc(NC(C)=O)cc2)C1. The molecule has 0 aliphatic carbocycles. The Bertz CT molecular complexity index is 820. The minimum absolute atomic E-state index is 0.0751. The summed E-state index contributed by atoms with van der Waals surface area (Å²) in [5, 5.41) is 2.79. The summed E-state index contributed by atoms with van der Waals surface area (Å²) in [5.74, 6) is -0.163. The van der Waals surface area contributed by atoms with Crippen LogP contribution < -0.4 is 5.32 Å². The van der Waals surface area contributed by atoms with E-state index in [9.17, 15) is 9.59 Å². The molecule has 3 rings (SSSR count). The third kappa shape index (κ3) is 5.67.